The Bertz CT molecular complexity index is 269. The van der Waals surface area contributed by atoms with Gasteiger partial charge in [-0.2, -0.15) is 0 Å². The minimum Gasteiger partial charge on any atom is -0.393 e. The van der Waals surface area contributed by atoms with Crippen LogP contribution in [-0.2, 0) is 0 Å². The number of aliphatic hydroxyl groups is 1. The summed E-state index contributed by atoms with van der Waals surface area (Å²) in [6.45, 7) is 11.2. The van der Waals surface area contributed by atoms with Crippen LogP contribution in [-0.4, -0.2) is 11.2 Å². The van der Waals surface area contributed by atoms with Gasteiger partial charge in [0, 0.05) is 0 Å². The molecule has 0 aliphatic heterocycles. The van der Waals surface area contributed by atoms with Crippen molar-refractivity contribution in [3.63, 3.8) is 0 Å². The third-order valence-electron chi connectivity index (χ3n) is 5.04. The van der Waals surface area contributed by atoms with E-state index in [0.717, 1.165) is 24.2 Å². The number of aliphatic hydroxyl groups excluding tert-OH is 1. The second-order valence-corrected chi connectivity index (χ2v) is 6.39. The predicted molar refractivity (Wildman–Crippen MR) is 68.1 cm³/mol. The molecule has 0 unspecified atom stereocenters. The van der Waals surface area contributed by atoms with E-state index in [9.17, 15) is 5.11 Å². The lowest BCUT2D eigenvalue weighted by molar-refractivity contribution is -0.00556. The highest BCUT2D eigenvalue weighted by Crippen LogP contribution is 2.49. The Kier molecular flexibility index (Phi) is 3.44. The van der Waals surface area contributed by atoms with Gasteiger partial charge in [-0.3, -0.25) is 0 Å². The molecular formula is C15H26O. The lowest BCUT2D eigenvalue weighted by Gasteiger charge is -2.47. The molecule has 1 nitrogen and oxygen atoms in total. The fourth-order valence-corrected chi connectivity index (χ4v) is 3.94. The van der Waals surface area contributed by atoms with Crippen molar-refractivity contribution in [3.05, 3.63) is 12.2 Å². The molecule has 0 amide bonds. The number of rotatable bonds is 1. The molecule has 16 heavy (non-hydrogen) atoms. The van der Waals surface area contributed by atoms with Crippen molar-refractivity contribution < 1.29 is 5.11 Å². The summed E-state index contributed by atoms with van der Waals surface area (Å²) in [6.07, 6.45) is 4.58. The van der Waals surface area contributed by atoms with Crippen molar-refractivity contribution >= 4 is 0 Å². The Labute approximate surface area is 99.9 Å². The number of fused-ring (bicyclic) bond motifs is 1. The van der Waals surface area contributed by atoms with Crippen LogP contribution in [0.4, 0.5) is 0 Å². The third-order valence-corrected chi connectivity index (χ3v) is 5.04. The van der Waals surface area contributed by atoms with Crippen molar-refractivity contribution in [2.45, 2.75) is 52.6 Å². The van der Waals surface area contributed by atoms with Gasteiger partial charge >= 0.3 is 0 Å². The fourth-order valence-electron chi connectivity index (χ4n) is 3.94. The number of hydrogen-bond acceptors (Lipinski definition) is 1. The zero-order valence-corrected chi connectivity index (χ0v) is 10.9. The first-order valence-corrected chi connectivity index (χ1v) is 6.86. The maximum absolute atomic E-state index is 10.0. The molecule has 2 saturated carbocycles. The molecule has 2 rings (SSSR count). The normalized spacial score (nSPS) is 44.6. The van der Waals surface area contributed by atoms with Crippen LogP contribution >= 0.6 is 0 Å². The maximum atomic E-state index is 10.0. The van der Waals surface area contributed by atoms with E-state index < -0.39 is 0 Å². The highest BCUT2D eigenvalue weighted by molar-refractivity contribution is 5.11. The lowest BCUT2D eigenvalue weighted by atomic mass is 9.58. The summed E-state index contributed by atoms with van der Waals surface area (Å²) in [5, 5.41) is 10.0. The molecule has 0 aromatic carbocycles. The summed E-state index contributed by atoms with van der Waals surface area (Å²) in [7, 11) is 0. The van der Waals surface area contributed by atoms with Gasteiger partial charge in [0.1, 0.15) is 0 Å². The largest absolute Gasteiger partial charge is 0.393 e. The molecular weight excluding hydrogens is 196 g/mol. The standard InChI is InChI=1S/C15H26O/c1-9(2)12-6-5-10(3)13-8-15(16)11(4)7-14(12)13/h9,11-16H,3,5-8H2,1-2,4H3/t11-,12+,13+,14+,15-/m1/s1. The van der Waals surface area contributed by atoms with Crippen LogP contribution in [0, 0.1) is 29.6 Å². The van der Waals surface area contributed by atoms with E-state index in [1.54, 1.807) is 0 Å². The van der Waals surface area contributed by atoms with Gasteiger partial charge < -0.3 is 5.11 Å². The molecule has 2 aliphatic carbocycles. The highest BCUT2D eigenvalue weighted by Gasteiger charge is 2.42. The van der Waals surface area contributed by atoms with Gasteiger partial charge in [0.25, 0.3) is 0 Å². The molecule has 0 aromatic heterocycles. The first kappa shape index (κ1) is 12.2. The molecule has 2 aliphatic rings. The summed E-state index contributed by atoms with van der Waals surface area (Å²) in [5.41, 5.74) is 1.41. The molecule has 0 heterocycles. The highest BCUT2D eigenvalue weighted by atomic mass is 16.3. The van der Waals surface area contributed by atoms with E-state index in [1.165, 1.54) is 24.8 Å². The Morgan fingerprint density at radius 2 is 2.00 bits per heavy atom. The molecule has 0 radical (unpaired) electrons. The van der Waals surface area contributed by atoms with Crippen LogP contribution in [0.25, 0.3) is 0 Å². The van der Waals surface area contributed by atoms with E-state index in [1.807, 2.05) is 0 Å². The quantitative estimate of drug-likeness (QED) is 0.672. The molecule has 92 valence electrons. The van der Waals surface area contributed by atoms with Crippen molar-refractivity contribution in [2.75, 3.05) is 0 Å². The van der Waals surface area contributed by atoms with Gasteiger partial charge in [-0.1, -0.05) is 32.9 Å². The molecule has 0 bridgehead atoms. The monoisotopic (exact) mass is 222 g/mol. The Morgan fingerprint density at radius 1 is 1.31 bits per heavy atom. The Hall–Kier alpha value is -0.300. The minimum atomic E-state index is -0.0936. The van der Waals surface area contributed by atoms with Crippen LogP contribution in [0.2, 0.25) is 0 Å². The molecule has 1 heteroatoms. The van der Waals surface area contributed by atoms with Crippen LogP contribution in [0.3, 0.4) is 0 Å². The molecule has 0 saturated heterocycles. The van der Waals surface area contributed by atoms with E-state index in [4.69, 9.17) is 0 Å². The minimum absolute atomic E-state index is 0.0936. The Balaban J connectivity index is 2.17. The van der Waals surface area contributed by atoms with E-state index >= 15 is 0 Å². The molecule has 1 N–H and O–H groups in total. The zero-order valence-electron chi connectivity index (χ0n) is 10.9. The van der Waals surface area contributed by atoms with Gasteiger partial charge in [0.2, 0.25) is 0 Å². The summed E-state index contributed by atoms with van der Waals surface area (Å²) < 4.78 is 0. The topological polar surface area (TPSA) is 20.2 Å². The first-order valence-electron chi connectivity index (χ1n) is 6.86. The van der Waals surface area contributed by atoms with Crippen molar-refractivity contribution in [1.82, 2.24) is 0 Å². The van der Waals surface area contributed by atoms with Gasteiger partial charge in [-0.15, -0.1) is 0 Å². The SMILES string of the molecule is C=C1CC[C@@H](C(C)C)[C@@H]2C[C@@H](C)[C@H](O)C[C@@H]12. The van der Waals surface area contributed by atoms with Crippen LogP contribution < -0.4 is 0 Å². The van der Waals surface area contributed by atoms with E-state index in [0.29, 0.717) is 11.8 Å². The number of hydrogen-bond donors (Lipinski definition) is 1. The average molecular weight is 222 g/mol. The van der Waals surface area contributed by atoms with Gasteiger partial charge in [0.15, 0.2) is 0 Å². The van der Waals surface area contributed by atoms with Crippen LogP contribution in [0.5, 0.6) is 0 Å². The fraction of sp³-hybridized carbons (Fsp3) is 0.867. The maximum Gasteiger partial charge on any atom is 0.0571 e. The summed E-state index contributed by atoms with van der Waals surface area (Å²) in [4.78, 5) is 0. The van der Waals surface area contributed by atoms with E-state index in [-0.39, 0.29) is 6.10 Å². The van der Waals surface area contributed by atoms with Gasteiger partial charge in [0.05, 0.1) is 6.10 Å². The second kappa shape index (κ2) is 4.52. The number of allylic oxidation sites excluding steroid dienone is 1. The van der Waals surface area contributed by atoms with E-state index in [2.05, 4.69) is 27.4 Å². The summed E-state index contributed by atoms with van der Waals surface area (Å²) >= 11 is 0. The average Bonchev–Trinajstić information content (AvgIpc) is 2.21. The molecule has 2 fully saturated rings. The first-order chi connectivity index (χ1) is 7.50. The van der Waals surface area contributed by atoms with Crippen LogP contribution in [0.1, 0.15) is 46.5 Å². The molecule has 5 atom stereocenters. The predicted octanol–water partition coefficient (Wildman–Crippen LogP) is 3.63. The van der Waals surface area contributed by atoms with Gasteiger partial charge in [-0.25, -0.2) is 0 Å². The molecule has 0 spiro atoms. The summed E-state index contributed by atoms with van der Waals surface area (Å²) in [6, 6.07) is 0. The second-order valence-electron chi connectivity index (χ2n) is 6.39. The smallest absolute Gasteiger partial charge is 0.0571 e. The van der Waals surface area contributed by atoms with Crippen molar-refractivity contribution in [2.24, 2.45) is 29.6 Å². The van der Waals surface area contributed by atoms with Crippen molar-refractivity contribution in [1.29, 1.82) is 0 Å². The lowest BCUT2D eigenvalue weighted by Crippen LogP contribution is -2.42. The van der Waals surface area contributed by atoms with Gasteiger partial charge in [-0.05, 0) is 55.3 Å². The molecule has 0 aromatic rings. The zero-order chi connectivity index (χ0) is 11.9. The third kappa shape index (κ3) is 2.07. The summed E-state index contributed by atoms with van der Waals surface area (Å²) in [5.74, 6) is 3.51. The van der Waals surface area contributed by atoms with Crippen molar-refractivity contribution in [3.8, 4) is 0 Å². The van der Waals surface area contributed by atoms with Crippen LogP contribution in [0.15, 0.2) is 12.2 Å². The Morgan fingerprint density at radius 3 is 2.62 bits per heavy atom.